The van der Waals surface area contributed by atoms with Crippen molar-refractivity contribution in [2.24, 2.45) is 0 Å². The average Bonchev–Trinajstić information content (AvgIpc) is 2.78. The van der Waals surface area contributed by atoms with Crippen molar-refractivity contribution in [2.75, 3.05) is 32.8 Å². The highest BCUT2D eigenvalue weighted by Crippen LogP contribution is 2.32. The maximum absolute atomic E-state index is 13.1. The fraction of sp³-hybridized carbons (Fsp3) is 0.409. The molecule has 3 aliphatic rings. The molecule has 2 aromatic rings. The topological polar surface area (TPSA) is 85.4 Å². The predicted octanol–water partition coefficient (Wildman–Crippen LogP) is 1.44. The van der Waals surface area contributed by atoms with Crippen molar-refractivity contribution in [3.63, 3.8) is 0 Å². The summed E-state index contributed by atoms with van der Waals surface area (Å²) in [4.78, 5) is 15.0. The van der Waals surface area contributed by atoms with E-state index in [2.05, 4.69) is 0 Å². The molecule has 2 aromatic carbocycles. The third-order valence-electron chi connectivity index (χ3n) is 5.80. The number of sulfonamides is 1. The quantitative estimate of drug-likeness (QED) is 0.712. The summed E-state index contributed by atoms with van der Waals surface area (Å²) in [7, 11) is -3.61. The number of rotatable bonds is 3. The molecule has 0 aromatic heterocycles. The van der Waals surface area contributed by atoms with Crippen LogP contribution in [-0.2, 0) is 19.6 Å². The number of amides is 1. The van der Waals surface area contributed by atoms with Crippen LogP contribution in [0.15, 0.2) is 53.4 Å². The lowest BCUT2D eigenvalue weighted by Crippen LogP contribution is -2.63. The Balaban J connectivity index is 1.26. The molecular weight excluding hydrogens is 420 g/mol. The Morgan fingerprint density at radius 1 is 0.935 bits per heavy atom. The van der Waals surface area contributed by atoms with Crippen LogP contribution < -0.4 is 9.47 Å². The molecule has 164 valence electrons. The molecule has 9 heteroatoms. The molecule has 0 saturated carbocycles. The van der Waals surface area contributed by atoms with Crippen molar-refractivity contribution in [2.45, 2.75) is 30.1 Å². The zero-order valence-electron chi connectivity index (χ0n) is 17.1. The van der Waals surface area contributed by atoms with Crippen LogP contribution >= 0.6 is 0 Å². The van der Waals surface area contributed by atoms with Crippen molar-refractivity contribution in [3.8, 4) is 11.5 Å². The Bertz CT molecular complexity index is 1070. The van der Waals surface area contributed by atoms with E-state index in [9.17, 15) is 13.2 Å². The lowest BCUT2D eigenvalue weighted by atomic mass is 10.1. The van der Waals surface area contributed by atoms with E-state index < -0.39 is 16.1 Å². The van der Waals surface area contributed by atoms with E-state index in [1.807, 2.05) is 19.1 Å². The Morgan fingerprint density at radius 3 is 2.26 bits per heavy atom. The summed E-state index contributed by atoms with van der Waals surface area (Å²) in [5.74, 6) is 1.01. The molecule has 1 amide bonds. The lowest BCUT2D eigenvalue weighted by Gasteiger charge is -2.45. The number of aryl methyl sites for hydroxylation is 1. The molecular formula is C22H24N2O6S. The summed E-state index contributed by atoms with van der Waals surface area (Å²) < 4.78 is 45.1. The summed E-state index contributed by atoms with van der Waals surface area (Å²) in [5.41, 5.74) is 1.00. The van der Waals surface area contributed by atoms with E-state index in [1.165, 1.54) is 4.31 Å². The fourth-order valence-corrected chi connectivity index (χ4v) is 5.74. The van der Waals surface area contributed by atoms with Gasteiger partial charge in [-0.05, 0) is 31.2 Å². The van der Waals surface area contributed by atoms with Gasteiger partial charge in [0, 0.05) is 26.2 Å². The monoisotopic (exact) mass is 444 g/mol. The second kappa shape index (κ2) is 7.81. The lowest BCUT2D eigenvalue weighted by molar-refractivity contribution is -0.162. The van der Waals surface area contributed by atoms with Crippen molar-refractivity contribution in [1.82, 2.24) is 9.21 Å². The molecule has 3 atom stereocenters. The molecule has 0 radical (unpaired) electrons. The standard InChI is InChI=1S/C22H24N2O6S/c1-15-6-8-18(9-7-15)31(26,27)24-12-16-10-23(11-17(13-24)29-16)22(25)21-14-28-19-4-2-3-5-20(19)30-21/h2-9,16-17,21H,10-14H2,1H3/t16-,17+,21?. The molecule has 1 unspecified atom stereocenters. The minimum absolute atomic E-state index is 0.149. The predicted molar refractivity (Wildman–Crippen MR) is 112 cm³/mol. The number of morpholine rings is 2. The normalized spacial score (nSPS) is 25.8. The summed E-state index contributed by atoms with van der Waals surface area (Å²) in [6.45, 7) is 3.12. The van der Waals surface area contributed by atoms with Crippen molar-refractivity contribution in [3.05, 3.63) is 54.1 Å². The van der Waals surface area contributed by atoms with Gasteiger partial charge in [-0.25, -0.2) is 8.42 Å². The number of hydrogen-bond donors (Lipinski definition) is 0. The van der Waals surface area contributed by atoms with Gasteiger partial charge in [0.15, 0.2) is 11.5 Å². The van der Waals surface area contributed by atoms with Crippen LogP contribution in [0.5, 0.6) is 11.5 Å². The van der Waals surface area contributed by atoms with Crippen molar-refractivity contribution in [1.29, 1.82) is 0 Å². The van der Waals surface area contributed by atoms with Crippen LogP contribution in [0.25, 0.3) is 0 Å². The highest BCUT2D eigenvalue weighted by atomic mass is 32.2. The molecule has 2 bridgehead atoms. The number of benzene rings is 2. The van der Waals surface area contributed by atoms with Crippen LogP contribution in [0.4, 0.5) is 0 Å². The Morgan fingerprint density at radius 2 is 1.58 bits per heavy atom. The SMILES string of the molecule is Cc1ccc(S(=O)(=O)N2C[C@H]3CN(C(=O)C4COc5ccccc5O4)C[C@@H](C2)O3)cc1. The van der Waals surface area contributed by atoms with Gasteiger partial charge in [-0.1, -0.05) is 29.8 Å². The van der Waals surface area contributed by atoms with Crippen LogP contribution in [0.3, 0.4) is 0 Å². The van der Waals surface area contributed by atoms with E-state index in [-0.39, 0.29) is 42.7 Å². The Labute approximate surface area is 181 Å². The number of para-hydroxylation sites is 2. The van der Waals surface area contributed by atoms with Crippen molar-refractivity contribution >= 4 is 15.9 Å². The first-order valence-electron chi connectivity index (χ1n) is 10.3. The van der Waals surface area contributed by atoms with E-state index in [0.29, 0.717) is 24.6 Å². The summed E-state index contributed by atoms with van der Waals surface area (Å²) in [6.07, 6.45) is -1.48. The van der Waals surface area contributed by atoms with Gasteiger partial charge in [-0.2, -0.15) is 4.31 Å². The smallest absolute Gasteiger partial charge is 0.267 e. The summed E-state index contributed by atoms with van der Waals surface area (Å²) in [5, 5.41) is 0. The van der Waals surface area contributed by atoms with Gasteiger partial charge in [0.25, 0.3) is 5.91 Å². The van der Waals surface area contributed by atoms with Crippen LogP contribution in [-0.4, -0.2) is 74.6 Å². The number of ether oxygens (including phenoxy) is 3. The highest BCUT2D eigenvalue weighted by molar-refractivity contribution is 7.89. The van der Waals surface area contributed by atoms with Gasteiger partial charge in [0.1, 0.15) is 6.61 Å². The van der Waals surface area contributed by atoms with E-state index in [4.69, 9.17) is 14.2 Å². The molecule has 2 saturated heterocycles. The Kier molecular flexibility index (Phi) is 5.11. The third kappa shape index (κ3) is 3.88. The van der Waals surface area contributed by atoms with Gasteiger partial charge >= 0.3 is 0 Å². The number of hydrogen-bond acceptors (Lipinski definition) is 6. The van der Waals surface area contributed by atoms with Gasteiger partial charge in [0.2, 0.25) is 16.1 Å². The zero-order chi connectivity index (χ0) is 21.6. The van der Waals surface area contributed by atoms with Crippen molar-refractivity contribution < 1.29 is 27.4 Å². The number of fused-ring (bicyclic) bond motifs is 3. The Hall–Kier alpha value is -2.62. The first-order chi connectivity index (χ1) is 14.9. The average molecular weight is 445 g/mol. The zero-order valence-corrected chi connectivity index (χ0v) is 18.0. The van der Waals surface area contributed by atoms with Gasteiger partial charge in [-0.15, -0.1) is 0 Å². The molecule has 8 nitrogen and oxygen atoms in total. The second-order valence-corrected chi connectivity index (χ2v) is 10.1. The third-order valence-corrected chi connectivity index (χ3v) is 7.65. The van der Waals surface area contributed by atoms with Gasteiger partial charge in [-0.3, -0.25) is 4.79 Å². The first kappa shape index (κ1) is 20.3. The second-order valence-electron chi connectivity index (χ2n) is 8.12. The van der Waals surface area contributed by atoms with Crippen LogP contribution in [0.2, 0.25) is 0 Å². The molecule has 0 aliphatic carbocycles. The van der Waals surface area contributed by atoms with E-state index in [0.717, 1.165) is 5.56 Å². The molecule has 3 aliphatic heterocycles. The molecule has 0 N–H and O–H groups in total. The fourth-order valence-electron chi connectivity index (χ4n) is 4.24. The van der Waals surface area contributed by atoms with Gasteiger partial charge < -0.3 is 19.1 Å². The maximum atomic E-state index is 13.1. The first-order valence-corrected chi connectivity index (χ1v) is 11.7. The minimum atomic E-state index is -3.61. The van der Waals surface area contributed by atoms with E-state index >= 15 is 0 Å². The molecule has 0 spiro atoms. The number of carbonyl (C=O) groups excluding carboxylic acids is 1. The summed E-state index contributed by atoms with van der Waals surface area (Å²) in [6, 6.07) is 14.1. The molecule has 5 rings (SSSR count). The number of nitrogens with zero attached hydrogens (tertiary/aromatic N) is 2. The number of carbonyl (C=O) groups is 1. The van der Waals surface area contributed by atoms with Gasteiger partial charge in [0.05, 0.1) is 17.1 Å². The molecule has 2 fully saturated rings. The maximum Gasteiger partial charge on any atom is 0.267 e. The van der Waals surface area contributed by atoms with Crippen LogP contribution in [0, 0.1) is 6.92 Å². The van der Waals surface area contributed by atoms with Crippen LogP contribution in [0.1, 0.15) is 5.56 Å². The minimum Gasteiger partial charge on any atom is -0.485 e. The highest BCUT2D eigenvalue weighted by Gasteiger charge is 2.43. The van der Waals surface area contributed by atoms with E-state index in [1.54, 1.807) is 41.3 Å². The summed E-state index contributed by atoms with van der Waals surface area (Å²) >= 11 is 0. The molecule has 31 heavy (non-hydrogen) atoms. The largest absolute Gasteiger partial charge is 0.485 e. The molecule has 3 heterocycles.